The lowest BCUT2D eigenvalue weighted by atomic mass is 9.94. The van der Waals surface area contributed by atoms with Crippen LogP contribution in [0.1, 0.15) is 24.1 Å². The highest BCUT2D eigenvalue weighted by Gasteiger charge is 2.38. The van der Waals surface area contributed by atoms with E-state index < -0.39 is 36.1 Å². The van der Waals surface area contributed by atoms with Crippen LogP contribution in [-0.4, -0.2) is 24.3 Å². The number of nitrogens with one attached hydrogen (secondary N) is 1. The summed E-state index contributed by atoms with van der Waals surface area (Å²) in [5.74, 6) is -0.891. The Morgan fingerprint density at radius 3 is 2.54 bits per heavy atom. The zero-order valence-electron chi connectivity index (χ0n) is 14.9. The first-order valence-corrected chi connectivity index (χ1v) is 8.48. The average molecular weight is 393 g/mol. The number of ether oxygens (including phenoxy) is 1. The fraction of sp³-hybridized carbons (Fsp3) is 0.263. The Morgan fingerprint density at radius 2 is 1.93 bits per heavy atom. The number of fused-ring (bicyclic) bond motifs is 1. The number of hydrogen-bond acceptors (Lipinski definition) is 3. The van der Waals surface area contributed by atoms with Gasteiger partial charge in [-0.25, -0.2) is 4.79 Å². The zero-order chi connectivity index (χ0) is 20.5. The standard InChI is InChI=1S/C19H18F3N3O3/c1-11(12-5-3-2-4-6-12)25-16-10-14(28-19(20,21)22)8-7-13(16)9-15(17(25)26)24-18(23)27/h2-8,10-11,15H,9H2,1H3,(H3,23,24,27)/t11-,15+/m0/s1. The number of urea groups is 1. The lowest BCUT2D eigenvalue weighted by Crippen LogP contribution is -2.54. The van der Waals surface area contributed by atoms with Gasteiger partial charge in [0, 0.05) is 12.5 Å². The fourth-order valence-corrected chi connectivity index (χ4v) is 3.30. The van der Waals surface area contributed by atoms with E-state index in [-0.39, 0.29) is 6.42 Å². The number of rotatable bonds is 4. The van der Waals surface area contributed by atoms with Gasteiger partial charge in [-0.3, -0.25) is 4.79 Å². The van der Waals surface area contributed by atoms with Crippen molar-refractivity contribution in [2.45, 2.75) is 31.8 Å². The minimum Gasteiger partial charge on any atom is -0.406 e. The highest BCUT2D eigenvalue weighted by Crippen LogP contribution is 2.38. The van der Waals surface area contributed by atoms with Gasteiger partial charge in [-0.2, -0.15) is 0 Å². The number of benzene rings is 2. The van der Waals surface area contributed by atoms with Gasteiger partial charge in [0.1, 0.15) is 11.8 Å². The van der Waals surface area contributed by atoms with Crippen molar-refractivity contribution in [3.8, 4) is 5.75 Å². The van der Waals surface area contributed by atoms with Crippen molar-refractivity contribution in [3.05, 3.63) is 59.7 Å². The first kappa shape index (κ1) is 19.5. The summed E-state index contributed by atoms with van der Waals surface area (Å²) in [5, 5.41) is 2.40. The van der Waals surface area contributed by atoms with Gasteiger partial charge in [0.2, 0.25) is 0 Å². The molecule has 0 fully saturated rings. The molecule has 0 radical (unpaired) electrons. The van der Waals surface area contributed by atoms with Gasteiger partial charge in [0.25, 0.3) is 5.91 Å². The predicted molar refractivity (Wildman–Crippen MR) is 95.7 cm³/mol. The van der Waals surface area contributed by atoms with E-state index in [4.69, 9.17) is 5.73 Å². The zero-order valence-corrected chi connectivity index (χ0v) is 14.9. The first-order chi connectivity index (χ1) is 13.2. The van der Waals surface area contributed by atoms with Crippen LogP contribution in [0.3, 0.4) is 0 Å². The highest BCUT2D eigenvalue weighted by atomic mass is 19.4. The summed E-state index contributed by atoms with van der Waals surface area (Å²) in [6.45, 7) is 1.75. The maximum atomic E-state index is 13.0. The number of carbonyl (C=O) groups excluding carboxylic acids is 2. The second-order valence-electron chi connectivity index (χ2n) is 6.40. The van der Waals surface area contributed by atoms with Crippen LogP contribution in [0.2, 0.25) is 0 Å². The Balaban J connectivity index is 2.05. The van der Waals surface area contributed by atoms with E-state index in [9.17, 15) is 22.8 Å². The number of halogens is 3. The van der Waals surface area contributed by atoms with Gasteiger partial charge in [-0.15, -0.1) is 13.2 Å². The van der Waals surface area contributed by atoms with E-state index in [1.165, 1.54) is 23.1 Å². The van der Waals surface area contributed by atoms with Crippen LogP contribution >= 0.6 is 0 Å². The summed E-state index contributed by atoms with van der Waals surface area (Å²) in [7, 11) is 0. The molecule has 148 valence electrons. The van der Waals surface area contributed by atoms with Crippen molar-refractivity contribution in [2.75, 3.05) is 4.90 Å². The van der Waals surface area contributed by atoms with E-state index in [1.807, 2.05) is 6.07 Å². The third-order valence-electron chi connectivity index (χ3n) is 4.50. The lowest BCUT2D eigenvalue weighted by molar-refractivity contribution is -0.274. The average Bonchev–Trinajstić information content (AvgIpc) is 2.61. The maximum Gasteiger partial charge on any atom is 0.573 e. The van der Waals surface area contributed by atoms with Crippen molar-refractivity contribution in [1.29, 1.82) is 0 Å². The van der Waals surface area contributed by atoms with Gasteiger partial charge >= 0.3 is 12.4 Å². The lowest BCUT2D eigenvalue weighted by Gasteiger charge is -2.38. The minimum absolute atomic E-state index is 0.113. The van der Waals surface area contributed by atoms with E-state index in [1.54, 1.807) is 31.2 Å². The molecule has 0 unspecified atom stereocenters. The Morgan fingerprint density at radius 1 is 1.25 bits per heavy atom. The molecule has 1 heterocycles. The van der Waals surface area contributed by atoms with E-state index in [0.29, 0.717) is 11.3 Å². The minimum atomic E-state index is -4.85. The van der Waals surface area contributed by atoms with Gasteiger partial charge in [-0.1, -0.05) is 36.4 Å². The van der Waals surface area contributed by atoms with Crippen LogP contribution in [0.4, 0.5) is 23.7 Å². The number of nitrogens with two attached hydrogens (primary N) is 1. The van der Waals surface area contributed by atoms with Gasteiger partial charge in [-0.05, 0) is 24.1 Å². The van der Waals surface area contributed by atoms with E-state index in [0.717, 1.165) is 5.56 Å². The van der Waals surface area contributed by atoms with Crippen LogP contribution in [0.15, 0.2) is 48.5 Å². The molecule has 0 aliphatic carbocycles. The summed E-state index contributed by atoms with van der Waals surface area (Å²) in [5.41, 5.74) is 6.84. The Kier molecular flexibility index (Phi) is 5.17. The molecule has 3 amide bonds. The van der Waals surface area contributed by atoms with E-state index in [2.05, 4.69) is 10.1 Å². The molecular formula is C19H18F3N3O3. The summed E-state index contributed by atoms with van der Waals surface area (Å²) < 4.78 is 41.8. The normalized spacial score (nSPS) is 17.6. The largest absolute Gasteiger partial charge is 0.573 e. The number of primary amides is 1. The third kappa shape index (κ3) is 4.19. The maximum absolute atomic E-state index is 13.0. The molecule has 28 heavy (non-hydrogen) atoms. The molecule has 1 aliphatic heterocycles. The molecule has 0 bridgehead atoms. The van der Waals surface area contributed by atoms with Crippen molar-refractivity contribution in [1.82, 2.24) is 5.32 Å². The smallest absolute Gasteiger partial charge is 0.406 e. The molecule has 0 saturated carbocycles. The molecule has 1 aliphatic rings. The molecule has 2 aromatic carbocycles. The predicted octanol–water partition coefficient (Wildman–Crippen LogP) is 3.27. The van der Waals surface area contributed by atoms with Crippen molar-refractivity contribution >= 4 is 17.6 Å². The van der Waals surface area contributed by atoms with Crippen molar-refractivity contribution < 1.29 is 27.5 Å². The number of nitrogens with zero attached hydrogens (tertiary/aromatic N) is 1. The Bertz CT molecular complexity index is 887. The van der Waals surface area contributed by atoms with Crippen LogP contribution in [-0.2, 0) is 11.2 Å². The van der Waals surface area contributed by atoms with Crippen LogP contribution in [0.25, 0.3) is 0 Å². The number of alkyl halides is 3. The molecule has 3 N–H and O–H groups in total. The molecule has 2 aromatic rings. The summed E-state index contributed by atoms with van der Waals surface area (Å²) in [6, 6.07) is 10.6. The van der Waals surface area contributed by atoms with Crippen molar-refractivity contribution in [2.24, 2.45) is 5.73 Å². The SMILES string of the molecule is C[C@@H](c1ccccc1)N1C(=O)[C@H](NC(N)=O)Cc2ccc(OC(F)(F)F)cc21. The number of anilines is 1. The van der Waals surface area contributed by atoms with Crippen LogP contribution < -0.4 is 20.7 Å². The second kappa shape index (κ2) is 7.41. The molecule has 0 aromatic heterocycles. The Labute approximate surface area is 159 Å². The van der Waals surface area contributed by atoms with Crippen molar-refractivity contribution in [3.63, 3.8) is 0 Å². The molecule has 2 atom stereocenters. The number of hydrogen-bond donors (Lipinski definition) is 2. The quantitative estimate of drug-likeness (QED) is 0.836. The third-order valence-corrected chi connectivity index (χ3v) is 4.50. The molecule has 0 saturated heterocycles. The molecular weight excluding hydrogens is 375 g/mol. The first-order valence-electron chi connectivity index (χ1n) is 8.48. The Hall–Kier alpha value is -3.23. The van der Waals surface area contributed by atoms with E-state index >= 15 is 0 Å². The number of amides is 3. The molecule has 9 heteroatoms. The number of carbonyl (C=O) groups is 2. The second-order valence-corrected chi connectivity index (χ2v) is 6.40. The van der Waals surface area contributed by atoms with Crippen LogP contribution in [0.5, 0.6) is 5.75 Å². The highest BCUT2D eigenvalue weighted by molar-refractivity contribution is 6.02. The van der Waals surface area contributed by atoms with Gasteiger partial charge in [0.05, 0.1) is 11.7 Å². The summed E-state index contributed by atoms with van der Waals surface area (Å²) in [4.78, 5) is 25.7. The topological polar surface area (TPSA) is 84.7 Å². The van der Waals surface area contributed by atoms with Gasteiger partial charge < -0.3 is 20.7 Å². The summed E-state index contributed by atoms with van der Waals surface area (Å²) in [6.07, 6.45) is -4.74. The molecule has 0 spiro atoms. The molecule has 3 rings (SSSR count). The van der Waals surface area contributed by atoms with Gasteiger partial charge in [0.15, 0.2) is 0 Å². The monoisotopic (exact) mass is 393 g/mol. The molecule has 6 nitrogen and oxygen atoms in total. The summed E-state index contributed by atoms with van der Waals surface area (Å²) >= 11 is 0. The van der Waals surface area contributed by atoms with Crippen LogP contribution in [0, 0.1) is 0 Å². The fourth-order valence-electron chi connectivity index (χ4n) is 3.30.